The Morgan fingerprint density at radius 1 is 1.04 bits per heavy atom. The third-order valence-corrected chi connectivity index (χ3v) is 4.73. The third kappa shape index (κ3) is 5.84. The molecule has 1 N–H and O–H groups in total. The lowest BCUT2D eigenvalue weighted by atomic mass is 10.1. The van der Waals surface area contributed by atoms with Crippen molar-refractivity contribution in [3.05, 3.63) is 64.7 Å². The van der Waals surface area contributed by atoms with E-state index in [0.717, 1.165) is 22.4 Å². The number of hydrogen-bond donors (Lipinski definition) is 1. The van der Waals surface area contributed by atoms with Gasteiger partial charge in [-0.05, 0) is 55.2 Å². The minimum atomic E-state index is -0.119. The van der Waals surface area contributed by atoms with Gasteiger partial charge in [-0.3, -0.25) is 9.59 Å². The molecular formula is C22H28N2O3. The van der Waals surface area contributed by atoms with E-state index in [1.165, 1.54) is 0 Å². The van der Waals surface area contributed by atoms with Crippen LogP contribution in [0.2, 0.25) is 0 Å². The molecular weight excluding hydrogens is 340 g/mol. The van der Waals surface area contributed by atoms with Gasteiger partial charge in [0.15, 0.2) is 0 Å². The molecule has 2 amide bonds. The van der Waals surface area contributed by atoms with Crippen molar-refractivity contribution in [1.29, 1.82) is 0 Å². The number of nitrogens with zero attached hydrogens (tertiary/aromatic N) is 1. The Hall–Kier alpha value is -2.82. The summed E-state index contributed by atoms with van der Waals surface area (Å²) in [5.41, 5.74) is 3.95. The van der Waals surface area contributed by atoms with Gasteiger partial charge in [0.1, 0.15) is 5.75 Å². The first-order valence-corrected chi connectivity index (χ1v) is 9.15. The van der Waals surface area contributed by atoms with E-state index in [4.69, 9.17) is 4.74 Å². The molecule has 0 aliphatic heterocycles. The van der Waals surface area contributed by atoms with Crippen molar-refractivity contribution >= 4 is 11.8 Å². The molecule has 0 bridgehead atoms. The fraction of sp³-hybridized carbons (Fsp3) is 0.364. The molecule has 5 heteroatoms. The maximum absolute atomic E-state index is 12.3. The number of nitrogens with one attached hydrogen (secondary N) is 1. The van der Waals surface area contributed by atoms with Crippen molar-refractivity contribution in [2.24, 2.45) is 0 Å². The molecule has 27 heavy (non-hydrogen) atoms. The Kier molecular flexibility index (Phi) is 7.41. The highest BCUT2D eigenvalue weighted by atomic mass is 16.5. The van der Waals surface area contributed by atoms with Crippen LogP contribution in [0.5, 0.6) is 5.75 Å². The topological polar surface area (TPSA) is 58.6 Å². The van der Waals surface area contributed by atoms with Crippen LogP contribution in [0.4, 0.5) is 0 Å². The largest absolute Gasteiger partial charge is 0.496 e. The van der Waals surface area contributed by atoms with Gasteiger partial charge in [0.2, 0.25) is 5.91 Å². The number of aryl methyl sites for hydroxylation is 2. The first-order chi connectivity index (χ1) is 12.9. The summed E-state index contributed by atoms with van der Waals surface area (Å²) in [7, 11) is 1.64. The number of carbonyl (C=O) groups excluding carboxylic acids is 2. The van der Waals surface area contributed by atoms with Crippen LogP contribution in [0.1, 0.15) is 34.0 Å². The number of amides is 2. The van der Waals surface area contributed by atoms with Crippen LogP contribution in [0, 0.1) is 13.8 Å². The van der Waals surface area contributed by atoms with Crippen molar-refractivity contribution < 1.29 is 14.3 Å². The van der Waals surface area contributed by atoms with Gasteiger partial charge in [-0.1, -0.05) is 24.3 Å². The molecule has 5 nitrogen and oxygen atoms in total. The number of hydrogen-bond acceptors (Lipinski definition) is 3. The van der Waals surface area contributed by atoms with E-state index in [2.05, 4.69) is 5.32 Å². The van der Waals surface area contributed by atoms with Crippen LogP contribution in [0.3, 0.4) is 0 Å². The zero-order valence-corrected chi connectivity index (χ0v) is 16.5. The van der Waals surface area contributed by atoms with Gasteiger partial charge in [0.25, 0.3) is 5.91 Å². The Labute approximate surface area is 161 Å². The lowest BCUT2D eigenvalue weighted by Gasteiger charge is -2.22. The van der Waals surface area contributed by atoms with Crippen molar-refractivity contribution in [1.82, 2.24) is 10.2 Å². The van der Waals surface area contributed by atoms with Crippen LogP contribution in [-0.2, 0) is 11.2 Å². The molecule has 0 spiro atoms. The highest BCUT2D eigenvalue weighted by Gasteiger charge is 2.12. The van der Waals surface area contributed by atoms with Crippen molar-refractivity contribution in [3.63, 3.8) is 0 Å². The third-order valence-electron chi connectivity index (χ3n) is 4.73. The van der Waals surface area contributed by atoms with Crippen LogP contribution >= 0.6 is 0 Å². The summed E-state index contributed by atoms with van der Waals surface area (Å²) in [6.07, 6.45) is 0.703. The summed E-state index contributed by atoms with van der Waals surface area (Å²) >= 11 is 0. The average molecular weight is 368 g/mol. The first kappa shape index (κ1) is 20.5. The van der Waals surface area contributed by atoms with Crippen LogP contribution < -0.4 is 10.1 Å². The molecule has 2 aromatic rings. The minimum Gasteiger partial charge on any atom is -0.496 e. The quantitative estimate of drug-likeness (QED) is 0.779. The number of ether oxygens (including phenoxy) is 1. The lowest BCUT2D eigenvalue weighted by Crippen LogP contribution is -2.38. The summed E-state index contributed by atoms with van der Waals surface area (Å²) in [6.45, 7) is 7.02. The summed E-state index contributed by atoms with van der Waals surface area (Å²) in [5, 5.41) is 2.89. The number of benzene rings is 2. The van der Waals surface area contributed by atoms with E-state index in [1.807, 2.05) is 56.3 Å². The zero-order valence-electron chi connectivity index (χ0n) is 16.5. The molecule has 0 saturated heterocycles. The number of carbonyl (C=O) groups is 2. The van der Waals surface area contributed by atoms with Gasteiger partial charge in [-0.2, -0.15) is 0 Å². The number of rotatable bonds is 8. The Morgan fingerprint density at radius 2 is 1.78 bits per heavy atom. The number of para-hydroxylation sites is 1. The van der Waals surface area contributed by atoms with E-state index in [1.54, 1.807) is 18.9 Å². The molecule has 0 aliphatic carbocycles. The summed E-state index contributed by atoms with van der Waals surface area (Å²) in [6, 6.07) is 13.4. The zero-order chi connectivity index (χ0) is 19.8. The predicted octanol–water partition coefficient (Wildman–Crippen LogP) is 3.13. The predicted molar refractivity (Wildman–Crippen MR) is 107 cm³/mol. The molecule has 0 heterocycles. The fourth-order valence-corrected chi connectivity index (χ4v) is 2.88. The second-order valence-corrected chi connectivity index (χ2v) is 6.62. The fourth-order valence-electron chi connectivity index (χ4n) is 2.88. The molecule has 0 radical (unpaired) electrons. The van der Waals surface area contributed by atoms with Crippen molar-refractivity contribution in [2.75, 3.05) is 26.7 Å². The number of methoxy groups -OCH3 is 1. The molecule has 0 unspecified atom stereocenters. The van der Waals surface area contributed by atoms with Gasteiger partial charge in [-0.25, -0.2) is 0 Å². The highest BCUT2D eigenvalue weighted by molar-refractivity contribution is 5.94. The van der Waals surface area contributed by atoms with Crippen LogP contribution in [0.25, 0.3) is 0 Å². The Morgan fingerprint density at radius 3 is 2.44 bits per heavy atom. The van der Waals surface area contributed by atoms with Gasteiger partial charge < -0.3 is 15.0 Å². The Bertz CT molecular complexity index is 802. The lowest BCUT2D eigenvalue weighted by molar-refractivity contribution is -0.128. The van der Waals surface area contributed by atoms with Crippen molar-refractivity contribution in [2.45, 2.75) is 27.2 Å². The van der Waals surface area contributed by atoms with E-state index < -0.39 is 0 Å². The van der Waals surface area contributed by atoms with E-state index in [9.17, 15) is 9.59 Å². The van der Waals surface area contributed by atoms with E-state index >= 15 is 0 Å². The second-order valence-electron chi connectivity index (χ2n) is 6.62. The van der Waals surface area contributed by atoms with Crippen LogP contribution in [-0.4, -0.2) is 43.5 Å². The molecule has 144 valence electrons. The average Bonchev–Trinajstić information content (AvgIpc) is 2.66. The smallest absolute Gasteiger partial charge is 0.251 e. The summed E-state index contributed by atoms with van der Waals surface area (Å²) in [4.78, 5) is 26.0. The summed E-state index contributed by atoms with van der Waals surface area (Å²) < 4.78 is 5.36. The normalized spacial score (nSPS) is 10.4. The van der Waals surface area contributed by atoms with E-state index in [-0.39, 0.29) is 11.8 Å². The first-order valence-electron chi connectivity index (χ1n) is 9.15. The standard InChI is InChI=1S/C22H28N2O3/c1-16-9-10-20(15-17(16)2)22(26)23-12-14-24(18(3)25)13-11-19-7-5-6-8-21(19)27-4/h5-10,15H,11-14H2,1-4H3,(H,23,26). The molecule has 2 aromatic carbocycles. The molecule has 0 fully saturated rings. The SMILES string of the molecule is COc1ccccc1CCN(CCNC(=O)c1ccc(C)c(C)c1)C(C)=O. The minimum absolute atomic E-state index is 0.00896. The monoisotopic (exact) mass is 368 g/mol. The molecule has 0 aliphatic rings. The highest BCUT2D eigenvalue weighted by Crippen LogP contribution is 2.18. The summed E-state index contributed by atoms with van der Waals surface area (Å²) in [5.74, 6) is 0.695. The molecule has 0 saturated carbocycles. The molecule has 2 rings (SSSR count). The molecule has 0 aromatic heterocycles. The van der Waals surface area contributed by atoms with Crippen LogP contribution in [0.15, 0.2) is 42.5 Å². The van der Waals surface area contributed by atoms with Gasteiger partial charge in [-0.15, -0.1) is 0 Å². The van der Waals surface area contributed by atoms with Gasteiger partial charge in [0.05, 0.1) is 7.11 Å². The molecule has 0 atom stereocenters. The van der Waals surface area contributed by atoms with Crippen molar-refractivity contribution in [3.8, 4) is 5.75 Å². The Balaban J connectivity index is 1.88. The maximum Gasteiger partial charge on any atom is 0.251 e. The van der Waals surface area contributed by atoms with Gasteiger partial charge >= 0.3 is 0 Å². The maximum atomic E-state index is 12.3. The van der Waals surface area contributed by atoms with E-state index in [0.29, 0.717) is 31.6 Å². The van der Waals surface area contributed by atoms with Gasteiger partial charge in [0, 0.05) is 32.1 Å². The second kappa shape index (κ2) is 9.76.